The first kappa shape index (κ1) is 17.0. The van der Waals surface area contributed by atoms with E-state index >= 15 is 0 Å². The highest BCUT2D eigenvalue weighted by molar-refractivity contribution is 4.76. The third-order valence-electron chi connectivity index (χ3n) is 4.17. The van der Waals surface area contributed by atoms with Crippen LogP contribution in [-0.2, 0) is 0 Å². The van der Waals surface area contributed by atoms with Crippen molar-refractivity contribution in [2.75, 3.05) is 7.05 Å². The standard InChI is InChI=1S/C16H35N/c1-7-14(5)12-16(17-6)15(8-2)11-9-10-13(3)4/h13-17H,7-12H2,1-6H3. The smallest absolute Gasteiger partial charge is 0.00947 e. The molecule has 0 saturated carbocycles. The van der Waals surface area contributed by atoms with E-state index in [1.807, 2.05) is 0 Å². The summed E-state index contributed by atoms with van der Waals surface area (Å²) < 4.78 is 0. The lowest BCUT2D eigenvalue weighted by Gasteiger charge is -2.28. The van der Waals surface area contributed by atoms with Crippen molar-refractivity contribution in [2.24, 2.45) is 17.8 Å². The predicted molar refractivity (Wildman–Crippen MR) is 79.4 cm³/mol. The summed E-state index contributed by atoms with van der Waals surface area (Å²) in [5.74, 6) is 2.58. The molecule has 1 heteroatoms. The predicted octanol–water partition coefficient (Wildman–Crippen LogP) is 4.86. The molecule has 0 aromatic carbocycles. The zero-order valence-electron chi connectivity index (χ0n) is 13.1. The maximum atomic E-state index is 3.56. The fourth-order valence-corrected chi connectivity index (χ4v) is 2.62. The van der Waals surface area contributed by atoms with E-state index in [2.05, 4.69) is 47.0 Å². The van der Waals surface area contributed by atoms with Gasteiger partial charge in [0, 0.05) is 6.04 Å². The second-order valence-electron chi connectivity index (χ2n) is 6.14. The van der Waals surface area contributed by atoms with Gasteiger partial charge in [-0.25, -0.2) is 0 Å². The Kier molecular flexibility index (Phi) is 9.91. The summed E-state index contributed by atoms with van der Waals surface area (Å²) in [5, 5.41) is 3.56. The average molecular weight is 241 g/mol. The molecule has 0 saturated heterocycles. The molecule has 0 spiro atoms. The first-order chi connectivity index (χ1) is 8.04. The number of hydrogen-bond acceptors (Lipinski definition) is 1. The highest BCUT2D eigenvalue weighted by Crippen LogP contribution is 2.23. The van der Waals surface area contributed by atoms with Gasteiger partial charge in [-0.2, -0.15) is 0 Å². The molecule has 3 unspecified atom stereocenters. The molecule has 104 valence electrons. The molecule has 0 aromatic heterocycles. The van der Waals surface area contributed by atoms with Crippen LogP contribution in [0.15, 0.2) is 0 Å². The molecule has 0 radical (unpaired) electrons. The molecule has 17 heavy (non-hydrogen) atoms. The van der Waals surface area contributed by atoms with E-state index in [4.69, 9.17) is 0 Å². The van der Waals surface area contributed by atoms with Gasteiger partial charge in [0.2, 0.25) is 0 Å². The Morgan fingerprint density at radius 3 is 2.00 bits per heavy atom. The Labute approximate surface area is 110 Å². The van der Waals surface area contributed by atoms with E-state index in [0.717, 1.165) is 23.8 Å². The zero-order valence-corrected chi connectivity index (χ0v) is 13.1. The van der Waals surface area contributed by atoms with E-state index in [-0.39, 0.29) is 0 Å². The molecule has 0 aliphatic heterocycles. The highest BCUT2D eigenvalue weighted by atomic mass is 14.9. The van der Waals surface area contributed by atoms with Crippen molar-refractivity contribution >= 4 is 0 Å². The van der Waals surface area contributed by atoms with Gasteiger partial charge in [-0.05, 0) is 37.6 Å². The van der Waals surface area contributed by atoms with Gasteiger partial charge in [0.05, 0.1) is 0 Å². The fourth-order valence-electron chi connectivity index (χ4n) is 2.62. The van der Waals surface area contributed by atoms with E-state index in [0.29, 0.717) is 0 Å². The molecule has 0 aliphatic carbocycles. The van der Waals surface area contributed by atoms with E-state index in [1.165, 1.54) is 38.5 Å². The van der Waals surface area contributed by atoms with E-state index in [1.54, 1.807) is 0 Å². The van der Waals surface area contributed by atoms with Crippen LogP contribution in [0, 0.1) is 17.8 Å². The summed E-state index contributed by atoms with van der Waals surface area (Å²) in [4.78, 5) is 0. The van der Waals surface area contributed by atoms with Crippen molar-refractivity contribution in [3.05, 3.63) is 0 Å². The lowest BCUT2D eigenvalue weighted by molar-refractivity contribution is 0.278. The molecule has 1 N–H and O–H groups in total. The van der Waals surface area contributed by atoms with Gasteiger partial charge in [-0.15, -0.1) is 0 Å². The Hall–Kier alpha value is -0.0400. The minimum absolute atomic E-state index is 0.724. The normalized spacial score (nSPS) is 17.1. The van der Waals surface area contributed by atoms with E-state index < -0.39 is 0 Å². The molecule has 0 heterocycles. The molecule has 0 fully saturated rings. The summed E-state index contributed by atoms with van der Waals surface area (Å²) in [6.07, 6.45) is 8.15. The van der Waals surface area contributed by atoms with Gasteiger partial charge in [0.1, 0.15) is 0 Å². The van der Waals surface area contributed by atoms with Crippen LogP contribution in [0.25, 0.3) is 0 Å². The molecule has 0 bridgehead atoms. The van der Waals surface area contributed by atoms with Gasteiger partial charge < -0.3 is 5.32 Å². The first-order valence-electron chi connectivity index (χ1n) is 7.72. The monoisotopic (exact) mass is 241 g/mol. The summed E-state index contributed by atoms with van der Waals surface area (Å²) in [5.41, 5.74) is 0. The average Bonchev–Trinajstić information content (AvgIpc) is 2.31. The lowest BCUT2D eigenvalue weighted by atomic mass is 9.85. The molecule has 1 nitrogen and oxygen atoms in total. The second kappa shape index (κ2) is 9.94. The third-order valence-corrected chi connectivity index (χ3v) is 4.17. The SMILES string of the molecule is CCC(C)CC(NC)C(CC)CCCC(C)C. The molecule has 0 amide bonds. The van der Waals surface area contributed by atoms with Crippen molar-refractivity contribution in [1.82, 2.24) is 5.32 Å². The third kappa shape index (κ3) is 7.81. The maximum absolute atomic E-state index is 3.56. The summed E-state index contributed by atoms with van der Waals surface area (Å²) in [7, 11) is 2.14. The largest absolute Gasteiger partial charge is 0.317 e. The van der Waals surface area contributed by atoms with Gasteiger partial charge in [0.15, 0.2) is 0 Å². The van der Waals surface area contributed by atoms with Crippen molar-refractivity contribution in [2.45, 2.75) is 79.2 Å². The molecular weight excluding hydrogens is 206 g/mol. The fraction of sp³-hybridized carbons (Fsp3) is 1.00. The summed E-state index contributed by atoms with van der Waals surface area (Å²) in [6.45, 7) is 11.7. The van der Waals surface area contributed by atoms with Crippen molar-refractivity contribution < 1.29 is 0 Å². The van der Waals surface area contributed by atoms with Gasteiger partial charge in [-0.3, -0.25) is 0 Å². The highest BCUT2D eigenvalue weighted by Gasteiger charge is 2.19. The maximum Gasteiger partial charge on any atom is 0.00947 e. The summed E-state index contributed by atoms with van der Waals surface area (Å²) in [6, 6.07) is 0.724. The van der Waals surface area contributed by atoms with Gasteiger partial charge >= 0.3 is 0 Å². The Morgan fingerprint density at radius 1 is 0.941 bits per heavy atom. The first-order valence-corrected chi connectivity index (χ1v) is 7.72. The topological polar surface area (TPSA) is 12.0 Å². The van der Waals surface area contributed by atoms with Crippen LogP contribution in [-0.4, -0.2) is 13.1 Å². The quantitative estimate of drug-likeness (QED) is 0.576. The molecule has 0 aliphatic rings. The van der Waals surface area contributed by atoms with Crippen molar-refractivity contribution in [3.63, 3.8) is 0 Å². The lowest BCUT2D eigenvalue weighted by Crippen LogP contribution is -2.35. The number of rotatable bonds is 10. The number of hydrogen-bond donors (Lipinski definition) is 1. The molecule has 0 aromatic rings. The van der Waals surface area contributed by atoms with Crippen LogP contribution in [0.5, 0.6) is 0 Å². The molecule has 3 atom stereocenters. The Morgan fingerprint density at radius 2 is 1.59 bits per heavy atom. The second-order valence-corrected chi connectivity index (χ2v) is 6.14. The van der Waals surface area contributed by atoms with Crippen LogP contribution in [0.3, 0.4) is 0 Å². The minimum atomic E-state index is 0.724. The van der Waals surface area contributed by atoms with Crippen LogP contribution in [0.2, 0.25) is 0 Å². The molecule has 0 rings (SSSR count). The van der Waals surface area contributed by atoms with Crippen LogP contribution < -0.4 is 5.32 Å². The molecular formula is C16H35N. The summed E-state index contributed by atoms with van der Waals surface area (Å²) >= 11 is 0. The van der Waals surface area contributed by atoms with Gasteiger partial charge in [0.25, 0.3) is 0 Å². The van der Waals surface area contributed by atoms with E-state index in [9.17, 15) is 0 Å². The zero-order chi connectivity index (χ0) is 13.3. The minimum Gasteiger partial charge on any atom is -0.317 e. The number of nitrogens with one attached hydrogen (secondary N) is 1. The van der Waals surface area contributed by atoms with Crippen LogP contribution >= 0.6 is 0 Å². The Balaban J connectivity index is 4.09. The van der Waals surface area contributed by atoms with Crippen molar-refractivity contribution in [3.8, 4) is 0 Å². The van der Waals surface area contributed by atoms with Gasteiger partial charge in [-0.1, -0.05) is 60.3 Å². The Bertz CT molecular complexity index is 165. The van der Waals surface area contributed by atoms with Crippen molar-refractivity contribution in [1.29, 1.82) is 0 Å². The van der Waals surface area contributed by atoms with Crippen LogP contribution in [0.4, 0.5) is 0 Å². The van der Waals surface area contributed by atoms with Crippen LogP contribution in [0.1, 0.15) is 73.1 Å².